The molecule has 0 saturated heterocycles. The molecule has 0 saturated carbocycles. The second-order valence-electron chi connectivity index (χ2n) is 4.28. The number of nitrogens with zero attached hydrogens (tertiary/aromatic N) is 2. The standard InChI is InChI=1S/C14H14Br2N2O/c1-18(8-10-3-2-4-12(15)5-10)14-11(9-19)6-13(16)7-17-14/h2-7,19H,8-9H2,1H3. The number of benzene rings is 1. The van der Waals surface area contributed by atoms with Crippen LogP contribution in [0.1, 0.15) is 11.1 Å². The van der Waals surface area contributed by atoms with Crippen LogP contribution >= 0.6 is 31.9 Å². The van der Waals surface area contributed by atoms with Crippen LogP contribution in [-0.4, -0.2) is 17.1 Å². The van der Waals surface area contributed by atoms with Gasteiger partial charge >= 0.3 is 0 Å². The van der Waals surface area contributed by atoms with Crippen molar-refractivity contribution in [1.29, 1.82) is 0 Å². The number of pyridine rings is 1. The van der Waals surface area contributed by atoms with E-state index >= 15 is 0 Å². The molecule has 0 bridgehead atoms. The van der Waals surface area contributed by atoms with E-state index in [1.54, 1.807) is 6.20 Å². The Balaban J connectivity index is 2.22. The van der Waals surface area contributed by atoms with Gasteiger partial charge in [-0.1, -0.05) is 28.1 Å². The summed E-state index contributed by atoms with van der Waals surface area (Å²) in [5, 5.41) is 9.41. The van der Waals surface area contributed by atoms with Gasteiger partial charge in [0, 0.05) is 34.3 Å². The average molecular weight is 386 g/mol. The zero-order chi connectivity index (χ0) is 13.8. The number of hydrogen-bond donors (Lipinski definition) is 1. The SMILES string of the molecule is CN(Cc1cccc(Br)c1)c1ncc(Br)cc1CO. The van der Waals surface area contributed by atoms with Gasteiger partial charge in [0.25, 0.3) is 0 Å². The van der Waals surface area contributed by atoms with E-state index < -0.39 is 0 Å². The smallest absolute Gasteiger partial charge is 0.134 e. The van der Waals surface area contributed by atoms with Crippen molar-refractivity contribution in [3.05, 3.63) is 56.6 Å². The summed E-state index contributed by atoms with van der Waals surface area (Å²) in [6.07, 6.45) is 1.74. The highest BCUT2D eigenvalue weighted by Crippen LogP contribution is 2.22. The molecule has 1 heterocycles. The van der Waals surface area contributed by atoms with Crippen molar-refractivity contribution in [2.24, 2.45) is 0 Å². The Hall–Kier alpha value is -0.910. The van der Waals surface area contributed by atoms with Crippen LogP contribution in [0.3, 0.4) is 0 Å². The fourth-order valence-electron chi connectivity index (χ4n) is 1.92. The van der Waals surface area contributed by atoms with Gasteiger partial charge in [-0.2, -0.15) is 0 Å². The molecule has 0 radical (unpaired) electrons. The molecule has 0 atom stereocenters. The summed E-state index contributed by atoms with van der Waals surface area (Å²) >= 11 is 6.83. The molecular weight excluding hydrogens is 372 g/mol. The molecule has 0 aliphatic heterocycles. The Labute approximate surface area is 129 Å². The van der Waals surface area contributed by atoms with Crippen molar-refractivity contribution >= 4 is 37.7 Å². The first kappa shape index (κ1) is 14.5. The number of halogens is 2. The van der Waals surface area contributed by atoms with Gasteiger partial charge in [0.05, 0.1) is 6.61 Å². The number of aliphatic hydroxyl groups excluding tert-OH is 1. The van der Waals surface area contributed by atoms with Crippen LogP contribution in [0.2, 0.25) is 0 Å². The first-order valence-electron chi connectivity index (χ1n) is 5.81. The molecule has 3 nitrogen and oxygen atoms in total. The Bertz CT molecular complexity index is 575. The molecule has 0 amide bonds. The normalized spacial score (nSPS) is 10.5. The van der Waals surface area contributed by atoms with Gasteiger partial charge in [0.15, 0.2) is 0 Å². The minimum absolute atomic E-state index is 0.0232. The molecule has 2 rings (SSSR count). The topological polar surface area (TPSA) is 36.4 Å². The van der Waals surface area contributed by atoms with Gasteiger partial charge in [-0.3, -0.25) is 0 Å². The molecule has 100 valence electrons. The van der Waals surface area contributed by atoms with Crippen LogP contribution < -0.4 is 4.90 Å². The molecule has 0 spiro atoms. The third-order valence-electron chi connectivity index (χ3n) is 2.75. The Morgan fingerprint density at radius 2 is 2.00 bits per heavy atom. The zero-order valence-corrected chi connectivity index (χ0v) is 13.6. The molecule has 0 aliphatic carbocycles. The third kappa shape index (κ3) is 3.78. The van der Waals surface area contributed by atoms with Crippen molar-refractivity contribution in [1.82, 2.24) is 4.98 Å². The summed E-state index contributed by atoms with van der Waals surface area (Å²) in [7, 11) is 1.97. The van der Waals surface area contributed by atoms with Gasteiger partial charge in [0.1, 0.15) is 5.82 Å². The molecule has 19 heavy (non-hydrogen) atoms. The summed E-state index contributed by atoms with van der Waals surface area (Å²) in [5.41, 5.74) is 2.00. The van der Waals surface area contributed by atoms with Gasteiger partial charge < -0.3 is 10.0 Å². The van der Waals surface area contributed by atoms with Crippen molar-refractivity contribution in [3.63, 3.8) is 0 Å². The van der Waals surface area contributed by atoms with Crippen LogP contribution in [0.4, 0.5) is 5.82 Å². The van der Waals surface area contributed by atoms with E-state index in [0.29, 0.717) is 0 Å². The van der Waals surface area contributed by atoms with E-state index in [9.17, 15) is 5.11 Å². The third-order valence-corrected chi connectivity index (χ3v) is 3.68. The Morgan fingerprint density at radius 3 is 2.68 bits per heavy atom. The van der Waals surface area contributed by atoms with Gasteiger partial charge in [-0.05, 0) is 39.7 Å². The summed E-state index contributed by atoms with van der Waals surface area (Å²) in [6, 6.07) is 10.0. The predicted octanol–water partition coefficient (Wildman–Crippen LogP) is 3.74. The van der Waals surface area contributed by atoms with Gasteiger partial charge in [-0.15, -0.1) is 0 Å². The number of aromatic nitrogens is 1. The van der Waals surface area contributed by atoms with Crippen LogP contribution in [0.15, 0.2) is 45.5 Å². The van der Waals surface area contributed by atoms with E-state index in [0.717, 1.165) is 26.9 Å². The van der Waals surface area contributed by atoms with Crippen LogP contribution in [0, 0.1) is 0 Å². The van der Waals surface area contributed by atoms with Crippen LogP contribution in [-0.2, 0) is 13.2 Å². The number of aliphatic hydroxyl groups is 1. The lowest BCUT2D eigenvalue weighted by atomic mass is 10.2. The Kier molecular flexibility index (Phi) is 4.96. The van der Waals surface area contributed by atoms with Crippen LogP contribution in [0.25, 0.3) is 0 Å². The molecule has 0 aliphatic rings. The first-order valence-corrected chi connectivity index (χ1v) is 7.39. The second-order valence-corrected chi connectivity index (χ2v) is 6.11. The van der Waals surface area contributed by atoms with E-state index in [4.69, 9.17) is 0 Å². The minimum atomic E-state index is -0.0232. The van der Waals surface area contributed by atoms with E-state index in [1.807, 2.05) is 30.1 Å². The number of hydrogen-bond acceptors (Lipinski definition) is 3. The molecular formula is C14H14Br2N2O. The lowest BCUT2D eigenvalue weighted by Crippen LogP contribution is -2.19. The highest BCUT2D eigenvalue weighted by Gasteiger charge is 2.10. The summed E-state index contributed by atoms with van der Waals surface area (Å²) in [4.78, 5) is 6.40. The highest BCUT2D eigenvalue weighted by atomic mass is 79.9. The van der Waals surface area contributed by atoms with E-state index in [-0.39, 0.29) is 6.61 Å². The maximum absolute atomic E-state index is 9.41. The monoisotopic (exact) mass is 384 g/mol. The first-order chi connectivity index (χ1) is 9.10. The lowest BCUT2D eigenvalue weighted by Gasteiger charge is -2.21. The van der Waals surface area contributed by atoms with E-state index in [2.05, 4.69) is 49.0 Å². The van der Waals surface area contributed by atoms with E-state index in [1.165, 1.54) is 5.56 Å². The quantitative estimate of drug-likeness (QED) is 0.870. The lowest BCUT2D eigenvalue weighted by molar-refractivity contribution is 0.281. The van der Waals surface area contributed by atoms with Gasteiger partial charge in [-0.25, -0.2) is 4.98 Å². The molecule has 1 aromatic carbocycles. The predicted molar refractivity (Wildman–Crippen MR) is 84.1 cm³/mol. The van der Waals surface area contributed by atoms with Crippen LogP contribution in [0.5, 0.6) is 0 Å². The van der Waals surface area contributed by atoms with Crippen molar-refractivity contribution in [2.75, 3.05) is 11.9 Å². The molecule has 1 aromatic heterocycles. The fourth-order valence-corrected chi connectivity index (χ4v) is 2.74. The molecule has 5 heteroatoms. The largest absolute Gasteiger partial charge is 0.392 e. The van der Waals surface area contributed by atoms with Crippen molar-refractivity contribution < 1.29 is 5.11 Å². The van der Waals surface area contributed by atoms with Crippen molar-refractivity contribution in [2.45, 2.75) is 13.2 Å². The fraction of sp³-hybridized carbons (Fsp3) is 0.214. The molecule has 2 aromatic rings. The van der Waals surface area contributed by atoms with Gasteiger partial charge in [0.2, 0.25) is 0 Å². The maximum atomic E-state index is 9.41. The molecule has 1 N–H and O–H groups in total. The average Bonchev–Trinajstić information content (AvgIpc) is 2.38. The summed E-state index contributed by atoms with van der Waals surface area (Å²) < 4.78 is 1.93. The minimum Gasteiger partial charge on any atom is -0.392 e. The summed E-state index contributed by atoms with van der Waals surface area (Å²) in [5.74, 6) is 0.797. The molecule has 0 unspecified atom stereocenters. The second kappa shape index (κ2) is 6.50. The maximum Gasteiger partial charge on any atom is 0.134 e. The summed E-state index contributed by atoms with van der Waals surface area (Å²) in [6.45, 7) is 0.714. The highest BCUT2D eigenvalue weighted by molar-refractivity contribution is 9.10. The van der Waals surface area contributed by atoms with Crippen molar-refractivity contribution in [3.8, 4) is 0 Å². The zero-order valence-electron chi connectivity index (χ0n) is 10.5. The Morgan fingerprint density at radius 1 is 1.21 bits per heavy atom. The molecule has 0 fully saturated rings. The number of rotatable bonds is 4. The number of anilines is 1.